The number of hydrogen-bond acceptors (Lipinski definition) is 9. The number of carboxylic acids is 1. The number of aliphatic carboxylic acids is 1. The number of likely N-dealkylation sites (N-methyl/N-ethyl adjacent to an activating group) is 1. The van der Waals surface area contributed by atoms with E-state index in [9.17, 15) is 4.79 Å². The summed E-state index contributed by atoms with van der Waals surface area (Å²) in [7, 11) is 1.72. The quantitative estimate of drug-likeness (QED) is 0.178. The van der Waals surface area contributed by atoms with Crippen molar-refractivity contribution >= 4 is 5.97 Å². The van der Waals surface area contributed by atoms with Crippen LogP contribution in [0.4, 0.5) is 0 Å². The molecule has 23 heavy (non-hydrogen) atoms. The third-order valence-electron chi connectivity index (χ3n) is 2.94. The van der Waals surface area contributed by atoms with Gasteiger partial charge in [0.15, 0.2) is 0 Å². The molecule has 0 radical (unpaired) electrons. The van der Waals surface area contributed by atoms with E-state index in [2.05, 4.69) is 9.78 Å². The Morgan fingerprint density at radius 1 is 0.826 bits per heavy atom. The molecule has 0 unspecified atom stereocenters. The number of nitrogens with zero attached hydrogens (tertiary/aromatic N) is 2. The third kappa shape index (κ3) is 15.8. The highest BCUT2D eigenvalue weighted by atomic mass is 17.1. The fraction of sp³-hybridized carbons (Fsp3) is 0.923. The first-order chi connectivity index (χ1) is 11.1. The molecule has 0 aromatic heterocycles. The summed E-state index contributed by atoms with van der Waals surface area (Å²) in [5.74, 6) is -0.862. The topological polar surface area (TPSA) is 121 Å². The van der Waals surface area contributed by atoms with Crippen molar-refractivity contribution in [2.45, 2.75) is 0 Å². The normalized spacial score (nSPS) is 11.5. The van der Waals surface area contributed by atoms with Gasteiger partial charge in [-0.05, 0) is 7.05 Å². The number of carbonyl (C=O) groups is 1. The molecule has 0 amide bonds. The SMILES string of the molecule is CN(CCOCCOCCN(CCOO)CCOO)CC(=O)O. The summed E-state index contributed by atoms with van der Waals surface area (Å²) in [6.07, 6.45) is 0. The largest absolute Gasteiger partial charge is 0.480 e. The molecule has 0 saturated heterocycles. The summed E-state index contributed by atoms with van der Waals surface area (Å²) in [5.41, 5.74) is 0. The third-order valence-corrected chi connectivity index (χ3v) is 2.94. The van der Waals surface area contributed by atoms with E-state index in [-0.39, 0.29) is 19.8 Å². The summed E-state index contributed by atoms with van der Waals surface area (Å²) >= 11 is 0. The van der Waals surface area contributed by atoms with Crippen LogP contribution in [0.5, 0.6) is 0 Å². The standard InChI is InChI=1S/C13H28N2O8/c1-14(12-13(16)17)2-6-20-10-11-21-7-3-15(4-8-22-18)5-9-23-19/h18-19H,2-12H2,1H3,(H,16,17). The predicted molar refractivity (Wildman–Crippen MR) is 80.4 cm³/mol. The van der Waals surface area contributed by atoms with E-state index < -0.39 is 5.97 Å². The second kappa shape index (κ2) is 16.0. The van der Waals surface area contributed by atoms with Gasteiger partial charge in [-0.25, -0.2) is 9.78 Å². The lowest BCUT2D eigenvalue weighted by Gasteiger charge is -2.20. The maximum absolute atomic E-state index is 10.5. The van der Waals surface area contributed by atoms with Crippen molar-refractivity contribution in [1.29, 1.82) is 0 Å². The van der Waals surface area contributed by atoms with Gasteiger partial charge in [0.2, 0.25) is 0 Å². The molecule has 0 aliphatic heterocycles. The van der Waals surface area contributed by atoms with Crippen LogP contribution in [-0.4, -0.2) is 111 Å². The summed E-state index contributed by atoms with van der Waals surface area (Å²) < 4.78 is 10.8. The van der Waals surface area contributed by atoms with Crippen LogP contribution in [-0.2, 0) is 24.0 Å². The van der Waals surface area contributed by atoms with Gasteiger partial charge in [0.25, 0.3) is 0 Å². The maximum atomic E-state index is 10.5. The first-order valence-electron chi connectivity index (χ1n) is 7.41. The van der Waals surface area contributed by atoms with Crippen molar-refractivity contribution in [3.05, 3.63) is 0 Å². The van der Waals surface area contributed by atoms with E-state index in [1.807, 2.05) is 4.90 Å². The van der Waals surface area contributed by atoms with E-state index in [1.165, 1.54) is 0 Å². The average molecular weight is 340 g/mol. The maximum Gasteiger partial charge on any atom is 0.317 e. The van der Waals surface area contributed by atoms with Gasteiger partial charge in [0, 0.05) is 26.2 Å². The Labute approximate surface area is 135 Å². The zero-order valence-corrected chi connectivity index (χ0v) is 13.6. The van der Waals surface area contributed by atoms with Crippen molar-refractivity contribution in [3.63, 3.8) is 0 Å². The molecular weight excluding hydrogens is 312 g/mol. The molecule has 10 nitrogen and oxygen atoms in total. The van der Waals surface area contributed by atoms with Crippen LogP contribution in [0, 0.1) is 0 Å². The second-order valence-corrected chi connectivity index (χ2v) is 4.86. The highest BCUT2D eigenvalue weighted by Crippen LogP contribution is 1.90. The van der Waals surface area contributed by atoms with Crippen LogP contribution < -0.4 is 0 Å². The van der Waals surface area contributed by atoms with Gasteiger partial charge < -0.3 is 14.6 Å². The van der Waals surface area contributed by atoms with Crippen molar-refractivity contribution in [2.75, 3.05) is 79.4 Å². The van der Waals surface area contributed by atoms with Crippen LogP contribution in [0.2, 0.25) is 0 Å². The predicted octanol–water partition coefficient (Wildman–Crippen LogP) is -0.683. The van der Waals surface area contributed by atoms with Gasteiger partial charge in [0.1, 0.15) is 0 Å². The molecular formula is C13H28N2O8. The molecule has 0 atom stereocenters. The fourth-order valence-corrected chi connectivity index (χ4v) is 1.72. The second-order valence-electron chi connectivity index (χ2n) is 4.86. The summed E-state index contributed by atoms with van der Waals surface area (Å²) in [6.45, 7) is 4.24. The Hall–Kier alpha value is -0.850. The van der Waals surface area contributed by atoms with Crippen molar-refractivity contribution < 1.29 is 39.7 Å². The molecule has 10 heteroatoms. The molecule has 0 heterocycles. The lowest BCUT2D eigenvalue weighted by atomic mass is 10.4. The number of rotatable bonds is 17. The Kier molecular flexibility index (Phi) is 15.4. The molecule has 0 bridgehead atoms. The van der Waals surface area contributed by atoms with Crippen LogP contribution >= 0.6 is 0 Å². The number of hydrogen-bond donors (Lipinski definition) is 3. The zero-order valence-electron chi connectivity index (χ0n) is 13.6. The highest BCUT2D eigenvalue weighted by molar-refractivity contribution is 5.68. The van der Waals surface area contributed by atoms with Gasteiger partial charge in [-0.2, -0.15) is 0 Å². The van der Waals surface area contributed by atoms with Crippen molar-refractivity contribution in [2.24, 2.45) is 0 Å². The number of ether oxygens (including phenoxy) is 2. The van der Waals surface area contributed by atoms with Crippen LogP contribution in [0.25, 0.3) is 0 Å². The van der Waals surface area contributed by atoms with Gasteiger partial charge in [0.05, 0.1) is 46.2 Å². The van der Waals surface area contributed by atoms with E-state index in [1.54, 1.807) is 11.9 Å². The average Bonchev–Trinajstić information content (AvgIpc) is 2.51. The van der Waals surface area contributed by atoms with Gasteiger partial charge in [-0.15, -0.1) is 0 Å². The van der Waals surface area contributed by atoms with Crippen molar-refractivity contribution in [3.8, 4) is 0 Å². The molecule has 138 valence electrons. The summed E-state index contributed by atoms with van der Waals surface area (Å²) in [6, 6.07) is 0. The van der Waals surface area contributed by atoms with Crippen molar-refractivity contribution in [1.82, 2.24) is 9.80 Å². The Morgan fingerprint density at radius 2 is 1.30 bits per heavy atom. The minimum absolute atomic E-state index is 0.00912. The van der Waals surface area contributed by atoms with Crippen LogP contribution in [0.3, 0.4) is 0 Å². The first-order valence-corrected chi connectivity index (χ1v) is 7.41. The Morgan fingerprint density at radius 3 is 1.78 bits per heavy atom. The van der Waals surface area contributed by atoms with E-state index in [0.29, 0.717) is 52.6 Å². The number of carboxylic acid groups (broad SMARTS) is 1. The minimum Gasteiger partial charge on any atom is -0.480 e. The van der Waals surface area contributed by atoms with Crippen LogP contribution in [0.15, 0.2) is 0 Å². The molecule has 0 aromatic carbocycles. The zero-order chi connectivity index (χ0) is 17.3. The van der Waals surface area contributed by atoms with E-state index >= 15 is 0 Å². The Balaban J connectivity index is 3.49. The molecule has 0 aliphatic rings. The van der Waals surface area contributed by atoms with Crippen LogP contribution in [0.1, 0.15) is 0 Å². The fourth-order valence-electron chi connectivity index (χ4n) is 1.72. The first kappa shape index (κ1) is 22.1. The molecule has 0 spiro atoms. The molecule has 0 aromatic rings. The van der Waals surface area contributed by atoms with E-state index in [4.69, 9.17) is 25.1 Å². The molecule has 0 saturated carbocycles. The highest BCUT2D eigenvalue weighted by Gasteiger charge is 2.05. The molecule has 0 aliphatic carbocycles. The molecule has 0 fully saturated rings. The van der Waals surface area contributed by atoms with E-state index in [0.717, 1.165) is 0 Å². The summed E-state index contributed by atoms with van der Waals surface area (Å²) in [4.78, 5) is 22.1. The summed E-state index contributed by atoms with van der Waals surface area (Å²) in [5, 5.41) is 25.2. The Bertz CT molecular complexity index is 275. The van der Waals surface area contributed by atoms with Gasteiger partial charge >= 0.3 is 5.97 Å². The molecule has 0 rings (SSSR count). The van der Waals surface area contributed by atoms with Gasteiger partial charge in [-0.1, -0.05) is 0 Å². The van der Waals surface area contributed by atoms with Gasteiger partial charge in [-0.3, -0.25) is 25.1 Å². The monoisotopic (exact) mass is 340 g/mol. The lowest BCUT2D eigenvalue weighted by Crippen LogP contribution is -2.34. The lowest BCUT2D eigenvalue weighted by molar-refractivity contribution is -0.251. The smallest absolute Gasteiger partial charge is 0.317 e. The molecule has 3 N–H and O–H groups in total. The minimum atomic E-state index is -0.862.